The number of morpholine rings is 1. The second kappa shape index (κ2) is 10.3. The second-order valence-electron chi connectivity index (χ2n) is 8.00. The fourth-order valence-corrected chi connectivity index (χ4v) is 3.94. The van der Waals surface area contributed by atoms with Crippen LogP contribution in [0.3, 0.4) is 0 Å². The Kier molecular flexibility index (Phi) is 7.07. The summed E-state index contributed by atoms with van der Waals surface area (Å²) in [6, 6.07) is 10.2. The van der Waals surface area contributed by atoms with Crippen molar-refractivity contribution in [2.24, 2.45) is 0 Å². The lowest BCUT2D eigenvalue weighted by Gasteiger charge is -2.30. The first kappa shape index (κ1) is 21.9. The van der Waals surface area contributed by atoms with Gasteiger partial charge in [0.25, 0.3) is 0 Å². The fourth-order valence-electron chi connectivity index (χ4n) is 3.94. The summed E-state index contributed by atoms with van der Waals surface area (Å²) in [6.07, 6.45) is 8.59. The number of nitrogens with two attached hydrogens (primary N) is 1. The van der Waals surface area contributed by atoms with Gasteiger partial charge in [-0.3, -0.25) is 9.78 Å². The molecule has 0 amide bonds. The van der Waals surface area contributed by atoms with Gasteiger partial charge in [0.15, 0.2) is 11.6 Å². The molecule has 0 saturated carbocycles. The molecular formula is C25H29N5O2. The molecule has 2 aromatic heterocycles. The van der Waals surface area contributed by atoms with Crippen molar-refractivity contribution < 1.29 is 9.53 Å². The van der Waals surface area contributed by atoms with Gasteiger partial charge in [-0.05, 0) is 30.5 Å². The van der Waals surface area contributed by atoms with Crippen LogP contribution in [0, 0.1) is 0 Å². The smallest absolute Gasteiger partial charge is 0.189 e. The number of carbonyl (C=O) groups is 1. The third kappa shape index (κ3) is 5.11. The third-order valence-electron chi connectivity index (χ3n) is 5.69. The van der Waals surface area contributed by atoms with Crippen LogP contribution in [0.4, 0.5) is 11.5 Å². The van der Waals surface area contributed by atoms with Crippen LogP contribution < -0.4 is 10.6 Å². The molecule has 1 aliphatic rings. The number of pyridine rings is 1. The molecule has 0 unspecified atom stereocenters. The lowest BCUT2D eigenvalue weighted by atomic mass is 10.0. The molecule has 3 aromatic rings. The average Bonchev–Trinajstić information content (AvgIpc) is 2.84. The molecule has 1 aromatic carbocycles. The predicted octanol–water partition coefficient (Wildman–Crippen LogP) is 3.73. The maximum absolute atomic E-state index is 13.2. The van der Waals surface area contributed by atoms with E-state index in [1.54, 1.807) is 18.6 Å². The summed E-state index contributed by atoms with van der Waals surface area (Å²) in [6.45, 7) is 5.11. The lowest BCUT2D eigenvalue weighted by Crippen LogP contribution is -2.37. The molecule has 2 N–H and O–H groups in total. The minimum Gasteiger partial charge on any atom is -0.382 e. The zero-order chi connectivity index (χ0) is 22.3. The van der Waals surface area contributed by atoms with Crippen molar-refractivity contribution >= 4 is 17.3 Å². The molecular weight excluding hydrogens is 402 g/mol. The highest BCUT2D eigenvalue weighted by Gasteiger charge is 2.20. The number of aryl methyl sites for hydroxylation is 1. The number of anilines is 2. The van der Waals surface area contributed by atoms with Gasteiger partial charge in [-0.15, -0.1) is 0 Å². The highest BCUT2D eigenvalue weighted by Crippen LogP contribution is 2.24. The summed E-state index contributed by atoms with van der Waals surface area (Å²) < 4.78 is 5.45. The minimum atomic E-state index is -0.165. The third-order valence-corrected chi connectivity index (χ3v) is 5.69. The zero-order valence-electron chi connectivity index (χ0n) is 18.5. The van der Waals surface area contributed by atoms with E-state index in [0.29, 0.717) is 18.9 Å². The number of nitrogen functional groups attached to an aromatic ring is 1. The normalized spacial score (nSPS) is 13.8. The van der Waals surface area contributed by atoms with Crippen LogP contribution in [-0.2, 0) is 17.6 Å². The molecule has 7 heteroatoms. The van der Waals surface area contributed by atoms with Gasteiger partial charge >= 0.3 is 0 Å². The molecule has 0 bridgehead atoms. The molecule has 166 valence electrons. The van der Waals surface area contributed by atoms with Crippen molar-refractivity contribution in [3.63, 3.8) is 0 Å². The minimum absolute atomic E-state index is 0.151. The van der Waals surface area contributed by atoms with Crippen LogP contribution in [0.1, 0.15) is 41.4 Å². The van der Waals surface area contributed by atoms with Crippen molar-refractivity contribution in [1.82, 2.24) is 15.0 Å². The van der Waals surface area contributed by atoms with Crippen LogP contribution in [0.2, 0.25) is 0 Å². The molecule has 0 radical (unpaired) electrons. The highest BCUT2D eigenvalue weighted by molar-refractivity contribution is 6.00. The van der Waals surface area contributed by atoms with Gasteiger partial charge in [0.2, 0.25) is 0 Å². The fraction of sp³-hybridized carbons (Fsp3) is 0.360. The van der Waals surface area contributed by atoms with Crippen LogP contribution in [-0.4, -0.2) is 47.0 Å². The van der Waals surface area contributed by atoms with E-state index in [0.717, 1.165) is 49.2 Å². The van der Waals surface area contributed by atoms with E-state index in [1.807, 2.05) is 18.2 Å². The van der Waals surface area contributed by atoms with Crippen molar-refractivity contribution in [2.75, 3.05) is 36.9 Å². The first-order valence-electron chi connectivity index (χ1n) is 11.2. The number of Topliss-reactive ketones (excluding diaryl/α,β-unsaturated/α-hetero) is 1. The molecule has 0 spiro atoms. The second-order valence-corrected chi connectivity index (χ2v) is 8.00. The summed E-state index contributed by atoms with van der Waals surface area (Å²) in [5, 5.41) is 0. The Labute approximate surface area is 188 Å². The first-order chi connectivity index (χ1) is 15.7. The quantitative estimate of drug-likeness (QED) is 0.543. The average molecular weight is 432 g/mol. The van der Waals surface area contributed by atoms with E-state index in [9.17, 15) is 4.79 Å². The summed E-state index contributed by atoms with van der Waals surface area (Å²) in [5.74, 6) is -0.0146. The summed E-state index contributed by atoms with van der Waals surface area (Å²) in [5.41, 5.74) is 11.0. The number of carbonyl (C=O) groups excluding carboxylic acids is 1. The molecule has 7 nitrogen and oxygen atoms in total. The van der Waals surface area contributed by atoms with E-state index in [-0.39, 0.29) is 23.7 Å². The highest BCUT2D eigenvalue weighted by atomic mass is 16.5. The Hall–Kier alpha value is -3.32. The lowest BCUT2D eigenvalue weighted by molar-refractivity contribution is 0.0988. The predicted molar refractivity (Wildman–Crippen MR) is 126 cm³/mol. The van der Waals surface area contributed by atoms with E-state index in [4.69, 9.17) is 10.5 Å². The number of ketones is 1. The molecule has 0 aliphatic carbocycles. The van der Waals surface area contributed by atoms with Gasteiger partial charge in [0.1, 0.15) is 5.69 Å². The van der Waals surface area contributed by atoms with Crippen molar-refractivity contribution in [1.29, 1.82) is 0 Å². The van der Waals surface area contributed by atoms with Gasteiger partial charge in [0.05, 0.1) is 25.1 Å². The number of benzene rings is 1. The molecule has 1 fully saturated rings. The zero-order valence-corrected chi connectivity index (χ0v) is 18.5. The van der Waals surface area contributed by atoms with Crippen LogP contribution in [0.15, 0.2) is 48.9 Å². The number of hydrogen-bond acceptors (Lipinski definition) is 7. The Bertz CT molecular complexity index is 1080. The van der Waals surface area contributed by atoms with Gasteiger partial charge in [0, 0.05) is 48.7 Å². The maximum atomic E-state index is 13.2. The summed E-state index contributed by atoms with van der Waals surface area (Å²) >= 11 is 0. The van der Waals surface area contributed by atoms with Gasteiger partial charge in [-0.2, -0.15) is 0 Å². The number of hydrogen-bond donors (Lipinski definition) is 1. The Morgan fingerprint density at radius 1 is 1.19 bits per heavy atom. The maximum Gasteiger partial charge on any atom is 0.189 e. The number of nitrogens with zero attached hydrogens (tertiary/aromatic N) is 4. The topological polar surface area (TPSA) is 94.2 Å². The Morgan fingerprint density at radius 3 is 2.84 bits per heavy atom. The van der Waals surface area contributed by atoms with Crippen molar-refractivity contribution in [3.8, 4) is 11.3 Å². The van der Waals surface area contributed by atoms with Crippen LogP contribution in [0.25, 0.3) is 11.3 Å². The van der Waals surface area contributed by atoms with Crippen molar-refractivity contribution in [3.05, 3.63) is 65.7 Å². The number of ether oxygens (including phenoxy) is 1. The van der Waals surface area contributed by atoms with Crippen LogP contribution in [0.5, 0.6) is 0 Å². The standard InChI is InChI=1S/C25H29N5O2/c1-2-3-5-18-6-4-7-19(14-18)21-17-28-25(26)24(29-21)23(31)15-20-16-27-9-8-22(20)30-10-12-32-13-11-30/h4,6-9,14,16-17H,2-3,5,10-13,15H2,1H3,(H2,26,28). The Morgan fingerprint density at radius 2 is 2.03 bits per heavy atom. The largest absolute Gasteiger partial charge is 0.382 e. The molecule has 3 heterocycles. The van der Waals surface area contributed by atoms with E-state index < -0.39 is 0 Å². The Balaban J connectivity index is 1.58. The molecule has 4 rings (SSSR count). The SMILES string of the molecule is CCCCc1cccc(-c2cnc(N)c(C(=O)Cc3cnccc3N3CCOCC3)n2)c1. The van der Waals surface area contributed by atoms with E-state index in [1.165, 1.54) is 5.56 Å². The van der Waals surface area contributed by atoms with Gasteiger partial charge in [-0.1, -0.05) is 31.5 Å². The molecule has 1 aliphatic heterocycles. The van der Waals surface area contributed by atoms with Gasteiger partial charge in [-0.25, -0.2) is 9.97 Å². The van der Waals surface area contributed by atoms with Crippen molar-refractivity contribution in [2.45, 2.75) is 32.6 Å². The monoisotopic (exact) mass is 431 g/mol. The summed E-state index contributed by atoms with van der Waals surface area (Å²) in [4.78, 5) is 28.5. The molecule has 0 atom stereocenters. The number of rotatable bonds is 8. The molecule has 32 heavy (non-hydrogen) atoms. The van der Waals surface area contributed by atoms with E-state index in [2.05, 4.69) is 38.9 Å². The number of aromatic nitrogens is 3. The molecule has 1 saturated heterocycles. The van der Waals surface area contributed by atoms with Gasteiger partial charge < -0.3 is 15.4 Å². The van der Waals surface area contributed by atoms with Crippen LogP contribution >= 0.6 is 0 Å². The first-order valence-corrected chi connectivity index (χ1v) is 11.2. The summed E-state index contributed by atoms with van der Waals surface area (Å²) in [7, 11) is 0. The number of unbranched alkanes of at least 4 members (excludes halogenated alkanes) is 1. The van der Waals surface area contributed by atoms with E-state index >= 15 is 0 Å².